The highest BCUT2D eigenvalue weighted by molar-refractivity contribution is 6.01. The molecule has 0 radical (unpaired) electrons. The maximum atomic E-state index is 2.43. The summed E-state index contributed by atoms with van der Waals surface area (Å²) in [5, 5.41) is 0. The van der Waals surface area contributed by atoms with Crippen LogP contribution in [0.15, 0.2) is 146 Å². The predicted octanol–water partition coefficient (Wildman–Crippen LogP) is 9.93. The second-order valence-electron chi connectivity index (χ2n) is 9.71. The molecule has 0 heterocycles. The Kier molecular flexibility index (Phi) is 5.30. The van der Waals surface area contributed by atoms with Gasteiger partial charge in [-0.1, -0.05) is 140 Å². The van der Waals surface area contributed by atoms with Gasteiger partial charge in [0.05, 0.1) is 0 Å². The zero-order valence-corrected chi connectivity index (χ0v) is 20.6. The van der Waals surface area contributed by atoms with Crippen molar-refractivity contribution in [3.8, 4) is 55.6 Å². The van der Waals surface area contributed by atoms with Gasteiger partial charge in [0.1, 0.15) is 0 Å². The van der Waals surface area contributed by atoms with Crippen LogP contribution < -0.4 is 0 Å². The molecule has 174 valence electrons. The number of fused-ring (bicyclic) bond motifs is 3. The standard InChI is InChI=1S/C37H26/c1-4-12-26(13-5-1)27-20-22-30(23-21-27)37-35-24-31-18-10-11-19-32(31)34(35)25-33(28-14-6-2-7-15-28)36(37)29-16-8-3-9-17-29/h1-23,25H,24H2. The maximum absolute atomic E-state index is 2.43. The van der Waals surface area contributed by atoms with Gasteiger partial charge in [0.2, 0.25) is 0 Å². The Labute approximate surface area is 218 Å². The van der Waals surface area contributed by atoms with Crippen molar-refractivity contribution >= 4 is 0 Å². The zero-order chi connectivity index (χ0) is 24.6. The SMILES string of the molecule is c1ccc(-c2ccc(-c3c4c(cc(-c5ccccc5)c3-c3ccccc3)-c3ccccc3C4)cc2)cc1. The molecule has 0 amide bonds. The number of hydrogen-bond acceptors (Lipinski definition) is 0. The summed E-state index contributed by atoms with van der Waals surface area (Å²) in [4.78, 5) is 0. The second-order valence-corrected chi connectivity index (χ2v) is 9.71. The molecule has 0 aliphatic heterocycles. The van der Waals surface area contributed by atoms with E-state index in [9.17, 15) is 0 Å². The lowest BCUT2D eigenvalue weighted by Crippen LogP contribution is -1.97. The van der Waals surface area contributed by atoms with Crippen LogP contribution in [0.2, 0.25) is 0 Å². The smallest absolute Gasteiger partial charge is 0.000705 e. The molecule has 0 saturated carbocycles. The Balaban J connectivity index is 1.53. The van der Waals surface area contributed by atoms with Gasteiger partial charge in [-0.2, -0.15) is 0 Å². The van der Waals surface area contributed by atoms with Gasteiger partial charge < -0.3 is 0 Å². The van der Waals surface area contributed by atoms with Crippen molar-refractivity contribution in [1.82, 2.24) is 0 Å². The first-order valence-electron chi connectivity index (χ1n) is 12.9. The first-order valence-corrected chi connectivity index (χ1v) is 12.9. The normalized spacial score (nSPS) is 11.7. The monoisotopic (exact) mass is 470 g/mol. The average Bonchev–Trinajstić information content (AvgIpc) is 3.36. The average molecular weight is 471 g/mol. The predicted molar refractivity (Wildman–Crippen MR) is 156 cm³/mol. The molecule has 0 heteroatoms. The van der Waals surface area contributed by atoms with Gasteiger partial charge >= 0.3 is 0 Å². The van der Waals surface area contributed by atoms with Gasteiger partial charge in [0, 0.05) is 0 Å². The van der Waals surface area contributed by atoms with Crippen molar-refractivity contribution < 1.29 is 0 Å². The third-order valence-corrected chi connectivity index (χ3v) is 7.54. The summed E-state index contributed by atoms with van der Waals surface area (Å²) in [5.74, 6) is 0. The van der Waals surface area contributed by atoms with E-state index in [-0.39, 0.29) is 0 Å². The van der Waals surface area contributed by atoms with Crippen LogP contribution >= 0.6 is 0 Å². The molecule has 1 aliphatic rings. The molecule has 0 bridgehead atoms. The van der Waals surface area contributed by atoms with E-state index in [0.29, 0.717) is 0 Å². The van der Waals surface area contributed by atoms with Gasteiger partial charge in [0.15, 0.2) is 0 Å². The topological polar surface area (TPSA) is 0 Å². The number of benzene rings is 6. The van der Waals surface area contributed by atoms with Crippen LogP contribution in [0.25, 0.3) is 55.6 Å². The van der Waals surface area contributed by atoms with Crippen LogP contribution in [0.1, 0.15) is 11.1 Å². The maximum Gasteiger partial charge on any atom is -0.000705 e. The molecule has 37 heavy (non-hydrogen) atoms. The van der Waals surface area contributed by atoms with Crippen molar-refractivity contribution in [2.75, 3.05) is 0 Å². The summed E-state index contributed by atoms with van der Waals surface area (Å²) in [6.07, 6.45) is 0.955. The highest BCUT2D eigenvalue weighted by Gasteiger charge is 2.27. The quantitative estimate of drug-likeness (QED) is 0.240. The summed E-state index contributed by atoms with van der Waals surface area (Å²) < 4.78 is 0. The highest BCUT2D eigenvalue weighted by Crippen LogP contribution is 2.50. The molecule has 0 nitrogen and oxygen atoms in total. The van der Waals surface area contributed by atoms with E-state index < -0.39 is 0 Å². The number of rotatable bonds is 4. The minimum Gasteiger partial charge on any atom is -0.0622 e. The lowest BCUT2D eigenvalue weighted by atomic mass is 9.82. The van der Waals surface area contributed by atoms with E-state index in [4.69, 9.17) is 0 Å². The summed E-state index contributed by atoms with van der Waals surface area (Å²) in [7, 11) is 0. The largest absolute Gasteiger partial charge is 0.0622 e. The third kappa shape index (κ3) is 3.79. The van der Waals surface area contributed by atoms with Gasteiger partial charge in [-0.05, 0) is 79.2 Å². The molecule has 1 aliphatic carbocycles. The Hall–Kier alpha value is -4.68. The van der Waals surface area contributed by atoms with Crippen LogP contribution in [0.3, 0.4) is 0 Å². The molecule has 0 aromatic heterocycles. The fraction of sp³-hybridized carbons (Fsp3) is 0.0270. The molecule has 6 aromatic rings. The van der Waals surface area contributed by atoms with Gasteiger partial charge in [-0.25, -0.2) is 0 Å². The van der Waals surface area contributed by atoms with Crippen molar-refractivity contribution in [2.45, 2.75) is 6.42 Å². The Bertz CT molecular complexity index is 1690. The molecule has 0 N–H and O–H groups in total. The summed E-state index contributed by atoms with van der Waals surface area (Å²) >= 11 is 0. The molecule has 0 atom stereocenters. The molecule has 0 fully saturated rings. The van der Waals surface area contributed by atoms with E-state index in [1.54, 1.807) is 0 Å². The number of hydrogen-bond donors (Lipinski definition) is 0. The minimum absolute atomic E-state index is 0.955. The Morgan fingerprint density at radius 3 is 1.49 bits per heavy atom. The summed E-state index contributed by atoms with van der Waals surface area (Å²) in [6, 6.07) is 52.8. The molecule has 7 rings (SSSR count). The first-order chi connectivity index (χ1) is 18.4. The van der Waals surface area contributed by atoms with E-state index in [2.05, 4.69) is 146 Å². The van der Waals surface area contributed by atoms with Crippen LogP contribution in [-0.4, -0.2) is 0 Å². The molecule has 0 spiro atoms. The molecular weight excluding hydrogens is 444 g/mol. The van der Waals surface area contributed by atoms with Gasteiger partial charge in [-0.15, -0.1) is 0 Å². The van der Waals surface area contributed by atoms with Crippen LogP contribution in [0.4, 0.5) is 0 Å². The van der Waals surface area contributed by atoms with Crippen molar-refractivity contribution in [3.05, 3.63) is 157 Å². The van der Waals surface area contributed by atoms with Crippen molar-refractivity contribution in [2.24, 2.45) is 0 Å². The third-order valence-electron chi connectivity index (χ3n) is 7.54. The summed E-state index contributed by atoms with van der Waals surface area (Å²) in [6.45, 7) is 0. The van der Waals surface area contributed by atoms with Crippen LogP contribution in [0.5, 0.6) is 0 Å². The highest BCUT2D eigenvalue weighted by atomic mass is 14.3. The zero-order valence-electron chi connectivity index (χ0n) is 20.6. The lowest BCUT2D eigenvalue weighted by molar-refractivity contribution is 1.26. The molecule has 0 saturated heterocycles. The second kappa shape index (κ2) is 9.08. The van der Waals surface area contributed by atoms with Crippen molar-refractivity contribution in [1.29, 1.82) is 0 Å². The van der Waals surface area contributed by atoms with E-state index >= 15 is 0 Å². The summed E-state index contributed by atoms with van der Waals surface area (Å²) in [5.41, 5.74) is 15.7. The van der Waals surface area contributed by atoms with Crippen LogP contribution in [0, 0.1) is 0 Å². The molecule has 0 unspecified atom stereocenters. The van der Waals surface area contributed by atoms with Crippen LogP contribution in [-0.2, 0) is 6.42 Å². The van der Waals surface area contributed by atoms with E-state index in [0.717, 1.165) is 6.42 Å². The fourth-order valence-corrected chi connectivity index (χ4v) is 5.80. The Morgan fingerprint density at radius 2 is 0.811 bits per heavy atom. The van der Waals surface area contributed by atoms with Gasteiger partial charge in [-0.3, -0.25) is 0 Å². The Morgan fingerprint density at radius 1 is 0.324 bits per heavy atom. The van der Waals surface area contributed by atoms with Gasteiger partial charge in [0.25, 0.3) is 0 Å². The van der Waals surface area contributed by atoms with Crippen molar-refractivity contribution in [3.63, 3.8) is 0 Å². The molecule has 6 aromatic carbocycles. The lowest BCUT2D eigenvalue weighted by Gasteiger charge is -2.21. The van der Waals surface area contributed by atoms with E-state index in [1.807, 2.05) is 0 Å². The minimum atomic E-state index is 0.955. The van der Waals surface area contributed by atoms with E-state index in [1.165, 1.54) is 66.8 Å². The molecular formula is C37H26. The first kappa shape index (κ1) is 21.6. The fourth-order valence-electron chi connectivity index (χ4n) is 5.80.